The molecule has 1 N–H and O–H groups in total. The van der Waals surface area contributed by atoms with Gasteiger partial charge in [0.05, 0.1) is 34.5 Å². The van der Waals surface area contributed by atoms with Crippen molar-refractivity contribution in [3.63, 3.8) is 0 Å². The first-order valence-corrected chi connectivity index (χ1v) is 10.8. The lowest BCUT2D eigenvalue weighted by Gasteiger charge is -2.28. The summed E-state index contributed by atoms with van der Waals surface area (Å²) < 4.78 is 21.4. The first-order chi connectivity index (χ1) is 15.6. The van der Waals surface area contributed by atoms with E-state index in [0.29, 0.717) is 36.0 Å². The summed E-state index contributed by atoms with van der Waals surface area (Å²) in [7, 11) is 4.82. The number of nitrogens with one attached hydrogen (secondary N) is 1. The molecule has 0 bridgehead atoms. The van der Waals surface area contributed by atoms with Gasteiger partial charge >= 0.3 is 6.03 Å². The number of benzene rings is 2. The number of anilines is 1. The summed E-state index contributed by atoms with van der Waals surface area (Å²) in [4.78, 5) is 17.4. The summed E-state index contributed by atoms with van der Waals surface area (Å²) >= 11 is 0. The van der Waals surface area contributed by atoms with Crippen LogP contribution in [-0.4, -0.2) is 76.6 Å². The van der Waals surface area contributed by atoms with Crippen molar-refractivity contribution in [2.24, 2.45) is 0 Å². The van der Waals surface area contributed by atoms with Gasteiger partial charge in [-0.1, -0.05) is 12.1 Å². The van der Waals surface area contributed by atoms with E-state index >= 15 is 0 Å². The minimum atomic E-state index is -0.157. The minimum Gasteiger partial charge on any atom is -0.497 e. The van der Waals surface area contributed by atoms with E-state index in [2.05, 4.69) is 10.2 Å². The first-order valence-electron chi connectivity index (χ1n) is 10.8. The number of nitrogens with zero attached hydrogens (tertiary/aromatic N) is 2. The second kappa shape index (κ2) is 12.2. The Bertz CT molecular complexity index is 870. The van der Waals surface area contributed by atoms with Gasteiger partial charge in [-0.25, -0.2) is 4.79 Å². The standard InChI is InChI=1S/C24H33N3O5/c1-29-21-7-4-6-20(17-21)25-24(28)27(11-5-10-26-12-14-32-15-13-26)18-19-8-9-22(30-2)23(16-19)31-3/h4,6-9,16-17H,5,10-15,18H2,1-3H3,(H,25,28). The molecule has 0 radical (unpaired) electrons. The molecule has 1 aliphatic rings. The third-order valence-corrected chi connectivity index (χ3v) is 5.44. The number of rotatable bonds is 10. The fourth-order valence-electron chi connectivity index (χ4n) is 3.67. The topological polar surface area (TPSA) is 72.5 Å². The van der Waals surface area contributed by atoms with E-state index in [1.807, 2.05) is 41.3 Å². The van der Waals surface area contributed by atoms with E-state index in [4.69, 9.17) is 18.9 Å². The number of methoxy groups -OCH3 is 3. The summed E-state index contributed by atoms with van der Waals surface area (Å²) in [5.74, 6) is 2.00. The molecule has 8 heteroatoms. The molecule has 0 aromatic heterocycles. The number of hydrogen-bond donors (Lipinski definition) is 1. The van der Waals surface area contributed by atoms with Crippen molar-refractivity contribution in [3.05, 3.63) is 48.0 Å². The molecular weight excluding hydrogens is 410 g/mol. The van der Waals surface area contributed by atoms with E-state index < -0.39 is 0 Å². The van der Waals surface area contributed by atoms with Crippen LogP contribution in [0.25, 0.3) is 0 Å². The van der Waals surface area contributed by atoms with Crippen LogP contribution >= 0.6 is 0 Å². The van der Waals surface area contributed by atoms with Crippen molar-refractivity contribution in [1.29, 1.82) is 0 Å². The molecule has 0 spiro atoms. The lowest BCUT2D eigenvalue weighted by Crippen LogP contribution is -2.40. The van der Waals surface area contributed by atoms with Crippen LogP contribution in [0, 0.1) is 0 Å². The lowest BCUT2D eigenvalue weighted by atomic mass is 10.2. The van der Waals surface area contributed by atoms with Crippen molar-refractivity contribution in [2.45, 2.75) is 13.0 Å². The molecule has 0 saturated carbocycles. The fourth-order valence-corrected chi connectivity index (χ4v) is 3.67. The molecule has 0 atom stereocenters. The fraction of sp³-hybridized carbons (Fsp3) is 0.458. The van der Waals surface area contributed by atoms with Gasteiger partial charge in [-0.3, -0.25) is 4.90 Å². The Morgan fingerprint density at radius 1 is 1.03 bits per heavy atom. The zero-order valence-corrected chi connectivity index (χ0v) is 19.1. The molecule has 174 valence electrons. The van der Waals surface area contributed by atoms with E-state index in [1.54, 1.807) is 27.4 Å². The number of morpholine rings is 1. The Morgan fingerprint density at radius 2 is 1.81 bits per heavy atom. The number of carbonyl (C=O) groups excluding carboxylic acids is 1. The van der Waals surface area contributed by atoms with Gasteiger partial charge in [0.2, 0.25) is 0 Å². The molecular formula is C24H33N3O5. The van der Waals surface area contributed by atoms with Crippen LogP contribution in [0.3, 0.4) is 0 Å². The Hall–Kier alpha value is -2.97. The van der Waals surface area contributed by atoms with Gasteiger partial charge in [-0.05, 0) is 36.2 Å². The minimum absolute atomic E-state index is 0.157. The highest BCUT2D eigenvalue weighted by molar-refractivity contribution is 5.89. The number of ether oxygens (including phenoxy) is 4. The largest absolute Gasteiger partial charge is 0.497 e. The Morgan fingerprint density at radius 3 is 2.53 bits per heavy atom. The van der Waals surface area contributed by atoms with E-state index in [0.717, 1.165) is 44.8 Å². The summed E-state index contributed by atoms with van der Waals surface area (Å²) in [6.45, 7) is 5.42. The van der Waals surface area contributed by atoms with Crippen LogP contribution in [0.4, 0.5) is 10.5 Å². The number of urea groups is 1. The van der Waals surface area contributed by atoms with Crippen LogP contribution in [0.5, 0.6) is 17.2 Å². The summed E-state index contributed by atoms with van der Waals surface area (Å²) in [5.41, 5.74) is 1.66. The van der Waals surface area contributed by atoms with Crippen molar-refractivity contribution in [3.8, 4) is 17.2 Å². The third kappa shape index (κ3) is 6.77. The van der Waals surface area contributed by atoms with Crippen LogP contribution in [0.2, 0.25) is 0 Å². The highest BCUT2D eigenvalue weighted by Crippen LogP contribution is 2.28. The monoisotopic (exact) mass is 443 g/mol. The molecule has 3 rings (SSSR count). The van der Waals surface area contributed by atoms with Gasteiger partial charge < -0.3 is 29.2 Å². The average molecular weight is 444 g/mol. The van der Waals surface area contributed by atoms with E-state index in [9.17, 15) is 4.79 Å². The van der Waals surface area contributed by atoms with Gasteiger partial charge in [-0.2, -0.15) is 0 Å². The van der Waals surface area contributed by atoms with Crippen molar-refractivity contribution < 1.29 is 23.7 Å². The predicted molar refractivity (Wildman–Crippen MR) is 124 cm³/mol. The quantitative estimate of drug-likeness (QED) is 0.606. The molecule has 2 aromatic rings. The van der Waals surface area contributed by atoms with Crippen molar-refractivity contribution in [1.82, 2.24) is 9.80 Å². The molecule has 0 aliphatic carbocycles. The predicted octanol–water partition coefficient (Wildman–Crippen LogP) is 3.47. The summed E-state index contributed by atoms with van der Waals surface area (Å²) in [6, 6.07) is 12.9. The smallest absolute Gasteiger partial charge is 0.322 e. The first kappa shape index (κ1) is 23.7. The maximum Gasteiger partial charge on any atom is 0.322 e. The summed E-state index contributed by atoms with van der Waals surface area (Å²) in [5, 5.41) is 2.99. The highest BCUT2D eigenvalue weighted by Gasteiger charge is 2.17. The second-order valence-electron chi connectivity index (χ2n) is 7.58. The average Bonchev–Trinajstić information content (AvgIpc) is 2.84. The normalized spacial score (nSPS) is 14.0. The number of carbonyl (C=O) groups is 1. The van der Waals surface area contributed by atoms with Crippen LogP contribution in [-0.2, 0) is 11.3 Å². The van der Waals surface area contributed by atoms with Crippen molar-refractivity contribution >= 4 is 11.7 Å². The van der Waals surface area contributed by atoms with E-state index in [1.165, 1.54) is 0 Å². The number of amides is 2. The van der Waals surface area contributed by atoms with Crippen molar-refractivity contribution in [2.75, 3.05) is 66.0 Å². The highest BCUT2D eigenvalue weighted by atomic mass is 16.5. The lowest BCUT2D eigenvalue weighted by molar-refractivity contribution is 0.0365. The van der Waals surface area contributed by atoms with Crippen LogP contribution in [0.1, 0.15) is 12.0 Å². The molecule has 32 heavy (non-hydrogen) atoms. The molecule has 1 heterocycles. The SMILES string of the molecule is COc1cccc(NC(=O)N(CCCN2CCOCC2)Cc2ccc(OC)c(OC)c2)c1. The molecule has 2 aromatic carbocycles. The maximum atomic E-state index is 13.2. The Kier molecular flexibility index (Phi) is 9.01. The van der Waals surface area contributed by atoms with E-state index in [-0.39, 0.29) is 6.03 Å². The zero-order chi connectivity index (χ0) is 22.8. The van der Waals surface area contributed by atoms with Gasteiger partial charge in [0.15, 0.2) is 11.5 Å². The number of hydrogen-bond acceptors (Lipinski definition) is 6. The maximum absolute atomic E-state index is 13.2. The molecule has 8 nitrogen and oxygen atoms in total. The Balaban J connectivity index is 1.69. The van der Waals surface area contributed by atoms with Crippen LogP contribution in [0.15, 0.2) is 42.5 Å². The van der Waals surface area contributed by atoms with Gasteiger partial charge in [-0.15, -0.1) is 0 Å². The second-order valence-corrected chi connectivity index (χ2v) is 7.58. The third-order valence-electron chi connectivity index (χ3n) is 5.44. The van der Waals surface area contributed by atoms with Gasteiger partial charge in [0.25, 0.3) is 0 Å². The molecule has 2 amide bonds. The molecule has 0 unspecified atom stereocenters. The summed E-state index contributed by atoms with van der Waals surface area (Å²) in [6.07, 6.45) is 0.874. The van der Waals surface area contributed by atoms with Gasteiger partial charge in [0, 0.05) is 44.5 Å². The Labute approximate surface area is 190 Å². The molecule has 1 saturated heterocycles. The van der Waals surface area contributed by atoms with Crippen LogP contribution < -0.4 is 19.5 Å². The zero-order valence-electron chi connectivity index (χ0n) is 19.1. The molecule has 1 fully saturated rings. The molecule has 1 aliphatic heterocycles. The van der Waals surface area contributed by atoms with Gasteiger partial charge in [0.1, 0.15) is 5.75 Å².